The van der Waals surface area contributed by atoms with E-state index in [-0.39, 0.29) is 11.3 Å². The van der Waals surface area contributed by atoms with Crippen LogP contribution >= 0.6 is 0 Å². The molecule has 1 aromatic heterocycles. The van der Waals surface area contributed by atoms with Crippen molar-refractivity contribution in [3.05, 3.63) is 40.6 Å². The van der Waals surface area contributed by atoms with Gasteiger partial charge in [-0.1, -0.05) is 13.8 Å². The van der Waals surface area contributed by atoms with E-state index in [9.17, 15) is 9.59 Å². The number of methoxy groups -OCH3 is 2. The third kappa shape index (κ3) is 5.17. The van der Waals surface area contributed by atoms with E-state index in [0.717, 1.165) is 25.9 Å². The predicted octanol–water partition coefficient (Wildman–Crippen LogP) is 4.41. The molecule has 0 unspecified atom stereocenters. The highest BCUT2D eigenvalue weighted by Crippen LogP contribution is 2.31. The number of benzene rings is 2. The maximum Gasteiger partial charge on any atom is 0.225 e. The van der Waals surface area contributed by atoms with E-state index >= 15 is 0 Å². The summed E-state index contributed by atoms with van der Waals surface area (Å²) in [5.74, 6) is 0.839. The molecule has 166 valence electrons. The van der Waals surface area contributed by atoms with Gasteiger partial charge in [0.15, 0.2) is 0 Å². The van der Waals surface area contributed by atoms with Gasteiger partial charge in [0.25, 0.3) is 0 Å². The van der Waals surface area contributed by atoms with E-state index in [1.807, 2.05) is 0 Å². The van der Waals surface area contributed by atoms with Crippen LogP contribution in [0.15, 0.2) is 39.5 Å². The summed E-state index contributed by atoms with van der Waals surface area (Å²) in [6, 6.07) is 8.39. The van der Waals surface area contributed by atoms with E-state index in [1.165, 1.54) is 7.11 Å². The van der Waals surface area contributed by atoms with Gasteiger partial charge in [0.05, 0.1) is 19.6 Å². The van der Waals surface area contributed by atoms with Crippen molar-refractivity contribution in [2.24, 2.45) is 0 Å². The van der Waals surface area contributed by atoms with Gasteiger partial charge in [-0.15, -0.1) is 0 Å². The molecule has 7 nitrogen and oxygen atoms in total. The number of amides is 1. The third-order valence-corrected chi connectivity index (χ3v) is 5.18. The van der Waals surface area contributed by atoms with Crippen LogP contribution in [0.1, 0.15) is 33.1 Å². The summed E-state index contributed by atoms with van der Waals surface area (Å²) in [5.41, 5.74) is 1.17. The van der Waals surface area contributed by atoms with E-state index < -0.39 is 0 Å². The van der Waals surface area contributed by atoms with Crippen molar-refractivity contribution in [1.29, 1.82) is 0 Å². The SMILES string of the molecule is CCCN(CCC)CCC(=O)Nc1ccc2oc3cc(OC)cc(OC)c3c(=O)c2c1. The van der Waals surface area contributed by atoms with Gasteiger partial charge in [-0.25, -0.2) is 0 Å². The molecule has 0 fully saturated rings. The van der Waals surface area contributed by atoms with Gasteiger partial charge < -0.3 is 24.1 Å². The largest absolute Gasteiger partial charge is 0.496 e. The summed E-state index contributed by atoms with van der Waals surface area (Å²) < 4.78 is 16.6. The normalized spacial score (nSPS) is 11.3. The second-order valence-corrected chi connectivity index (χ2v) is 7.48. The Kier molecular flexibility index (Phi) is 7.52. The number of nitrogens with one attached hydrogen (secondary N) is 1. The minimum atomic E-state index is -0.219. The number of ether oxygens (including phenoxy) is 2. The Morgan fingerprint density at radius 1 is 1.00 bits per heavy atom. The lowest BCUT2D eigenvalue weighted by Gasteiger charge is -2.20. The standard InChI is InChI=1S/C24H30N2O5/c1-5-10-26(11-6-2)12-9-22(27)25-16-7-8-19-18(13-16)24(28)23-20(30-4)14-17(29-3)15-21(23)31-19/h7-8,13-15H,5-6,9-12H2,1-4H3,(H,25,27). The van der Waals surface area contributed by atoms with E-state index in [2.05, 4.69) is 24.1 Å². The fraction of sp³-hybridized carbons (Fsp3) is 0.417. The lowest BCUT2D eigenvalue weighted by molar-refractivity contribution is -0.116. The van der Waals surface area contributed by atoms with Crippen LogP contribution in [0.5, 0.6) is 11.5 Å². The number of fused-ring (bicyclic) bond motifs is 2. The van der Waals surface area contributed by atoms with Gasteiger partial charge in [0.1, 0.15) is 28.1 Å². The molecule has 3 aromatic rings. The monoisotopic (exact) mass is 426 g/mol. The first-order chi connectivity index (χ1) is 15.0. The summed E-state index contributed by atoms with van der Waals surface area (Å²) in [6.07, 6.45) is 2.52. The molecular formula is C24H30N2O5. The molecule has 0 aliphatic heterocycles. The fourth-order valence-corrected chi connectivity index (χ4v) is 3.73. The molecule has 1 N–H and O–H groups in total. The van der Waals surface area contributed by atoms with Crippen LogP contribution in [-0.2, 0) is 4.79 Å². The molecular weight excluding hydrogens is 396 g/mol. The number of anilines is 1. The molecule has 1 heterocycles. The molecule has 31 heavy (non-hydrogen) atoms. The molecule has 0 radical (unpaired) electrons. The van der Waals surface area contributed by atoms with E-state index in [0.29, 0.717) is 52.1 Å². The Balaban J connectivity index is 1.86. The highest BCUT2D eigenvalue weighted by molar-refractivity contribution is 5.97. The third-order valence-electron chi connectivity index (χ3n) is 5.18. The van der Waals surface area contributed by atoms with Gasteiger partial charge in [-0.2, -0.15) is 0 Å². The van der Waals surface area contributed by atoms with Crippen molar-refractivity contribution in [3.8, 4) is 11.5 Å². The summed E-state index contributed by atoms with van der Waals surface area (Å²) in [7, 11) is 3.04. The smallest absolute Gasteiger partial charge is 0.225 e. The van der Waals surface area contributed by atoms with Crippen LogP contribution in [0.3, 0.4) is 0 Å². The zero-order valence-electron chi connectivity index (χ0n) is 18.6. The quantitative estimate of drug-likeness (QED) is 0.484. The van der Waals surface area contributed by atoms with Gasteiger partial charge in [0, 0.05) is 30.8 Å². The minimum Gasteiger partial charge on any atom is -0.496 e. The van der Waals surface area contributed by atoms with Crippen LogP contribution in [0.4, 0.5) is 5.69 Å². The van der Waals surface area contributed by atoms with Crippen LogP contribution in [0.25, 0.3) is 21.9 Å². The maximum absolute atomic E-state index is 13.2. The average molecular weight is 427 g/mol. The molecule has 0 spiro atoms. The van der Waals surface area contributed by atoms with Gasteiger partial charge >= 0.3 is 0 Å². The highest BCUT2D eigenvalue weighted by atomic mass is 16.5. The molecule has 3 rings (SSSR count). The van der Waals surface area contributed by atoms with Crippen LogP contribution in [0.2, 0.25) is 0 Å². The number of rotatable bonds is 10. The lowest BCUT2D eigenvalue weighted by Crippen LogP contribution is -2.29. The number of hydrogen-bond donors (Lipinski definition) is 1. The Hall–Kier alpha value is -3.06. The Bertz CT molecular complexity index is 1120. The molecule has 0 aliphatic rings. The van der Waals surface area contributed by atoms with Gasteiger partial charge in [-0.3, -0.25) is 9.59 Å². The van der Waals surface area contributed by atoms with E-state index in [4.69, 9.17) is 13.9 Å². The topological polar surface area (TPSA) is 81.0 Å². The van der Waals surface area contributed by atoms with Crippen LogP contribution in [0, 0.1) is 0 Å². The summed E-state index contributed by atoms with van der Waals surface area (Å²) in [6.45, 7) is 6.96. The molecule has 0 bridgehead atoms. The Morgan fingerprint density at radius 2 is 1.74 bits per heavy atom. The zero-order chi connectivity index (χ0) is 22.4. The average Bonchev–Trinajstić information content (AvgIpc) is 2.77. The minimum absolute atomic E-state index is 0.0796. The van der Waals surface area contributed by atoms with Crippen molar-refractivity contribution in [2.75, 3.05) is 39.2 Å². The van der Waals surface area contributed by atoms with Gasteiger partial charge in [0.2, 0.25) is 11.3 Å². The van der Waals surface area contributed by atoms with Crippen molar-refractivity contribution < 1.29 is 18.7 Å². The first kappa shape index (κ1) is 22.6. The first-order valence-electron chi connectivity index (χ1n) is 10.7. The van der Waals surface area contributed by atoms with Crippen molar-refractivity contribution in [3.63, 3.8) is 0 Å². The van der Waals surface area contributed by atoms with Crippen LogP contribution < -0.4 is 20.2 Å². The number of carbonyl (C=O) groups excluding carboxylic acids is 1. The summed E-state index contributed by atoms with van der Waals surface area (Å²) in [5, 5.41) is 3.62. The zero-order valence-corrected chi connectivity index (χ0v) is 18.6. The molecule has 0 atom stereocenters. The second kappa shape index (κ2) is 10.3. The first-order valence-corrected chi connectivity index (χ1v) is 10.7. The second-order valence-electron chi connectivity index (χ2n) is 7.48. The Morgan fingerprint density at radius 3 is 2.39 bits per heavy atom. The van der Waals surface area contributed by atoms with Crippen LogP contribution in [-0.4, -0.2) is 44.7 Å². The molecule has 1 amide bonds. The summed E-state index contributed by atoms with van der Waals surface area (Å²) >= 11 is 0. The molecule has 0 saturated heterocycles. The van der Waals surface area contributed by atoms with Gasteiger partial charge in [-0.05, 0) is 44.1 Å². The van der Waals surface area contributed by atoms with E-state index in [1.54, 1.807) is 37.4 Å². The molecule has 0 saturated carbocycles. The molecule has 0 aliphatic carbocycles. The van der Waals surface area contributed by atoms with Crippen molar-refractivity contribution in [1.82, 2.24) is 4.90 Å². The number of carbonyl (C=O) groups is 1. The molecule has 2 aromatic carbocycles. The predicted molar refractivity (Wildman–Crippen MR) is 123 cm³/mol. The van der Waals surface area contributed by atoms with Crippen molar-refractivity contribution >= 4 is 33.5 Å². The number of nitrogens with zero attached hydrogens (tertiary/aromatic N) is 1. The fourth-order valence-electron chi connectivity index (χ4n) is 3.73. The lowest BCUT2D eigenvalue weighted by atomic mass is 10.1. The van der Waals surface area contributed by atoms with Crippen molar-refractivity contribution in [2.45, 2.75) is 33.1 Å². The maximum atomic E-state index is 13.2. The Labute approximate surface area is 181 Å². The highest BCUT2D eigenvalue weighted by Gasteiger charge is 2.15. The summed E-state index contributed by atoms with van der Waals surface area (Å²) in [4.78, 5) is 27.9. The molecule has 7 heteroatoms. The number of hydrogen-bond acceptors (Lipinski definition) is 6.